The number of piperidine rings is 1. The van der Waals surface area contributed by atoms with Gasteiger partial charge in [0, 0.05) is 25.0 Å². The van der Waals surface area contributed by atoms with Crippen molar-refractivity contribution in [3.8, 4) is 0 Å². The molecule has 1 aromatic rings. The Kier molecular flexibility index (Phi) is 3.21. The van der Waals surface area contributed by atoms with Gasteiger partial charge in [0.1, 0.15) is 0 Å². The smallest absolute Gasteiger partial charge is 0.225 e. The van der Waals surface area contributed by atoms with Crippen molar-refractivity contribution in [2.45, 2.75) is 31.9 Å². The molecule has 1 aromatic heterocycles. The van der Waals surface area contributed by atoms with E-state index >= 15 is 0 Å². The summed E-state index contributed by atoms with van der Waals surface area (Å²) < 4.78 is 0.885. The standard InChI is InChI=1S/C10H14BrN3O/c1-7-4-9(15)2-3-14(7)10-12-5-8(11)6-13-10/h5-7,9,15H,2-4H2,1H3/t7-,9-/m1/s1. The maximum absolute atomic E-state index is 9.51. The van der Waals surface area contributed by atoms with Crippen LogP contribution in [0.2, 0.25) is 0 Å². The van der Waals surface area contributed by atoms with Gasteiger partial charge in [-0.05, 0) is 35.7 Å². The van der Waals surface area contributed by atoms with Crippen LogP contribution in [0, 0.1) is 0 Å². The van der Waals surface area contributed by atoms with Gasteiger partial charge in [0.05, 0.1) is 10.6 Å². The van der Waals surface area contributed by atoms with E-state index < -0.39 is 0 Å². The molecular formula is C10H14BrN3O. The van der Waals surface area contributed by atoms with E-state index in [-0.39, 0.29) is 6.10 Å². The first kappa shape index (κ1) is 10.8. The van der Waals surface area contributed by atoms with Crippen molar-refractivity contribution in [1.29, 1.82) is 0 Å². The summed E-state index contributed by atoms with van der Waals surface area (Å²) in [5, 5.41) is 9.51. The van der Waals surface area contributed by atoms with Gasteiger partial charge in [-0.25, -0.2) is 9.97 Å². The minimum atomic E-state index is -0.174. The Morgan fingerprint density at radius 3 is 2.73 bits per heavy atom. The Bertz CT molecular complexity index is 330. The summed E-state index contributed by atoms with van der Waals surface area (Å²) in [5.41, 5.74) is 0. The van der Waals surface area contributed by atoms with Gasteiger partial charge in [-0.15, -0.1) is 0 Å². The average Bonchev–Trinajstić information content (AvgIpc) is 2.20. The molecule has 4 nitrogen and oxygen atoms in total. The highest BCUT2D eigenvalue weighted by atomic mass is 79.9. The number of hydrogen-bond donors (Lipinski definition) is 1. The van der Waals surface area contributed by atoms with E-state index in [0.717, 1.165) is 29.8 Å². The van der Waals surface area contributed by atoms with Gasteiger partial charge in [-0.2, -0.15) is 0 Å². The van der Waals surface area contributed by atoms with Gasteiger partial charge < -0.3 is 10.0 Å². The summed E-state index contributed by atoms with van der Waals surface area (Å²) in [7, 11) is 0. The molecule has 1 aliphatic rings. The summed E-state index contributed by atoms with van der Waals surface area (Å²) in [6, 6.07) is 0.301. The van der Waals surface area contributed by atoms with Crippen LogP contribution in [0.3, 0.4) is 0 Å². The molecule has 2 heterocycles. The Morgan fingerprint density at radius 2 is 2.13 bits per heavy atom. The summed E-state index contributed by atoms with van der Waals surface area (Å²) >= 11 is 3.31. The van der Waals surface area contributed by atoms with E-state index in [1.54, 1.807) is 12.4 Å². The third kappa shape index (κ3) is 2.46. The van der Waals surface area contributed by atoms with Crippen molar-refractivity contribution in [3.63, 3.8) is 0 Å². The van der Waals surface area contributed by atoms with Crippen LogP contribution in [0.4, 0.5) is 5.95 Å². The fourth-order valence-electron chi connectivity index (χ4n) is 1.90. The SMILES string of the molecule is C[C@@H]1C[C@H](O)CCN1c1ncc(Br)cn1. The second-order valence-corrected chi connectivity index (χ2v) is 4.84. The number of aliphatic hydroxyl groups excluding tert-OH is 1. The van der Waals surface area contributed by atoms with Gasteiger partial charge in [-0.3, -0.25) is 0 Å². The highest BCUT2D eigenvalue weighted by Gasteiger charge is 2.25. The molecule has 82 valence electrons. The molecule has 0 radical (unpaired) electrons. The molecule has 2 atom stereocenters. The van der Waals surface area contributed by atoms with Crippen LogP contribution in [0.5, 0.6) is 0 Å². The summed E-state index contributed by atoms with van der Waals surface area (Å²) in [6.45, 7) is 2.91. The molecule has 0 unspecified atom stereocenters. The van der Waals surface area contributed by atoms with Gasteiger partial charge in [0.2, 0.25) is 5.95 Å². The van der Waals surface area contributed by atoms with Crippen LogP contribution in [-0.2, 0) is 0 Å². The zero-order valence-corrected chi connectivity index (χ0v) is 10.2. The third-order valence-electron chi connectivity index (χ3n) is 2.71. The molecule has 15 heavy (non-hydrogen) atoms. The van der Waals surface area contributed by atoms with Crippen molar-refractivity contribution in [3.05, 3.63) is 16.9 Å². The first-order valence-electron chi connectivity index (χ1n) is 5.09. The normalized spacial score (nSPS) is 26.7. The maximum atomic E-state index is 9.51. The van der Waals surface area contributed by atoms with E-state index in [2.05, 4.69) is 37.7 Å². The molecule has 0 spiro atoms. The molecule has 0 saturated carbocycles. The number of hydrogen-bond acceptors (Lipinski definition) is 4. The summed E-state index contributed by atoms with van der Waals surface area (Å²) in [4.78, 5) is 10.7. The molecule has 1 fully saturated rings. The zero-order chi connectivity index (χ0) is 10.8. The predicted molar refractivity (Wildman–Crippen MR) is 61.8 cm³/mol. The van der Waals surface area contributed by atoms with Crippen molar-refractivity contribution in [1.82, 2.24) is 9.97 Å². The summed E-state index contributed by atoms with van der Waals surface area (Å²) in [6.07, 6.45) is 4.91. The predicted octanol–water partition coefficient (Wildman–Crippen LogP) is 1.59. The largest absolute Gasteiger partial charge is 0.393 e. The maximum Gasteiger partial charge on any atom is 0.225 e. The fourth-order valence-corrected chi connectivity index (χ4v) is 2.10. The fraction of sp³-hybridized carbons (Fsp3) is 0.600. The quantitative estimate of drug-likeness (QED) is 0.843. The second-order valence-electron chi connectivity index (χ2n) is 3.92. The van der Waals surface area contributed by atoms with Gasteiger partial charge in [0.25, 0.3) is 0 Å². The molecule has 5 heteroatoms. The van der Waals surface area contributed by atoms with E-state index in [1.165, 1.54) is 0 Å². The molecule has 0 aromatic carbocycles. The second kappa shape index (κ2) is 4.45. The molecule has 0 bridgehead atoms. The van der Waals surface area contributed by atoms with Crippen molar-refractivity contribution in [2.24, 2.45) is 0 Å². The number of nitrogens with zero attached hydrogens (tertiary/aromatic N) is 3. The van der Waals surface area contributed by atoms with E-state index in [0.29, 0.717) is 6.04 Å². The van der Waals surface area contributed by atoms with E-state index in [9.17, 15) is 5.11 Å². The first-order chi connectivity index (χ1) is 7.16. The zero-order valence-electron chi connectivity index (χ0n) is 8.60. The monoisotopic (exact) mass is 271 g/mol. The Hall–Kier alpha value is -0.680. The lowest BCUT2D eigenvalue weighted by atomic mass is 10.0. The molecule has 2 rings (SSSR count). The number of aliphatic hydroxyl groups is 1. The Balaban J connectivity index is 2.13. The van der Waals surface area contributed by atoms with Crippen LogP contribution >= 0.6 is 15.9 Å². The number of anilines is 1. The molecule has 0 amide bonds. The average molecular weight is 272 g/mol. The minimum absolute atomic E-state index is 0.174. The summed E-state index contributed by atoms with van der Waals surface area (Å²) in [5.74, 6) is 0.748. The number of aromatic nitrogens is 2. The van der Waals surface area contributed by atoms with Gasteiger partial charge in [-0.1, -0.05) is 0 Å². The number of rotatable bonds is 1. The van der Waals surface area contributed by atoms with E-state index in [4.69, 9.17) is 0 Å². The topological polar surface area (TPSA) is 49.2 Å². The van der Waals surface area contributed by atoms with Crippen molar-refractivity contribution < 1.29 is 5.11 Å². The van der Waals surface area contributed by atoms with Crippen LogP contribution in [-0.4, -0.2) is 33.8 Å². The van der Waals surface area contributed by atoms with Gasteiger partial charge >= 0.3 is 0 Å². The lowest BCUT2D eigenvalue weighted by Gasteiger charge is -2.35. The molecular weight excluding hydrogens is 258 g/mol. The lowest BCUT2D eigenvalue weighted by Crippen LogP contribution is -2.43. The van der Waals surface area contributed by atoms with Crippen molar-refractivity contribution >= 4 is 21.9 Å². The van der Waals surface area contributed by atoms with Crippen LogP contribution in [0.15, 0.2) is 16.9 Å². The van der Waals surface area contributed by atoms with Gasteiger partial charge in [0.15, 0.2) is 0 Å². The Labute approximate surface area is 97.5 Å². The Morgan fingerprint density at radius 1 is 1.47 bits per heavy atom. The van der Waals surface area contributed by atoms with Crippen LogP contribution in [0.1, 0.15) is 19.8 Å². The van der Waals surface area contributed by atoms with Crippen molar-refractivity contribution in [2.75, 3.05) is 11.4 Å². The highest BCUT2D eigenvalue weighted by Crippen LogP contribution is 2.21. The third-order valence-corrected chi connectivity index (χ3v) is 3.12. The van der Waals surface area contributed by atoms with Crippen LogP contribution < -0.4 is 4.90 Å². The number of halogens is 1. The molecule has 0 aliphatic carbocycles. The first-order valence-corrected chi connectivity index (χ1v) is 5.88. The molecule has 1 N–H and O–H groups in total. The highest BCUT2D eigenvalue weighted by molar-refractivity contribution is 9.10. The lowest BCUT2D eigenvalue weighted by molar-refractivity contribution is 0.131. The van der Waals surface area contributed by atoms with Crippen LogP contribution in [0.25, 0.3) is 0 Å². The molecule has 1 saturated heterocycles. The minimum Gasteiger partial charge on any atom is -0.393 e. The molecule has 1 aliphatic heterocycles. The van der Waals surface area contributed by atoms with E-state index in [1.807, 2.05) is 0 Å².